The van der Waals surface area contributed by atoms with Crippen molar-refractivity contribution in [2.24, 2.45) is 0 Å². The number of hydrogen-bond donors (Lipinski definition) is 2. The van der Waals surface area contributed by atoms with Crippen LogP contribution in [0.2, 0.25) is 15.5 Å². The molecule has 3 aromatic rings. The van der Waals surface area contributed by atoms with E-state index in [0.717, 1.165) is 24.3 Å². The zero-order valence-corrected chi connectivity index (χ0v) is 23.9. The first-order valence-electron chi connectivity index (χ1n) is 10.7. The van der Waals surface area contributed by atoms with Gasteiger partial charge in [0.25, 0.3) is 23.2 Å². The van der Waals surface area contributed by atoms with Crippen molar-refractivity contribution in [2.45, 2.75) is 0 Å². The Morgan fingerprint density at radius 2 is 1.05 bits per heavy atom. The van der Waals surface area contributed by atoms with Crippen LogP contribution in [0.5, 0.6) is 0 Å². The first kappa shape index (κ1) is 34.4. The number of nitrogens with two attached hydrogens (primary N) is 1. The molecule has 0 aliphatic heterocycles. The Kier molecular flexibility index (Phi) is 12.7. The minimum Gasteiger partial charge on any atom is -0.477 e. The Morgan fingerprint density at radius 1 is 0.707 bits per heavy atom. The van der Waals surface area contributed by atoms with Crippen LogP contribution in [0.3, 0.4) is 0 Å². The Morgan fingerprint density at radius 3 is 1.39 bits per heavy atom. The van der Waals surface area contributed by atoms with Crippen LogP contribution < -0.4 is 5.73 Å². The second-order valence-electron chi connectivity index (χ2n) is 7.89. The number of carboxylic acid groups (broad SMARTS) is 1. The average Bonchev–Trinajstić information content (AvgIpc) is 2.87. The second-order valence-corrected chi connectivity index (χ2v) is 9.06. The van der Waals surface area contributed by atoms with Gasteiger partial charge in [-0.3, -0.25) is 29.8 Å². The van der Waals surface area contributed by atoms with Crippen LogP contribution in [0.1, 0.15) is 31.5 Å². The van der Waals surface area contributed by atoms with Gasteiger partial charge in [-0.05, 0) is 12.1 Å². The Bertz CT molecular complexity index is 1430. The molecular weight excluding hydrogens is 611 g/mol. The average molecular weight is 632 g/mol. The Labute approximate surface area is 246 Å². The molecule has 218 valence electrons. The highest BCUT2D eigenvalue weighted by atomic mass is 35.5. The molecule has 3 heterocycles. The van der Waals surface area contributed by atoms with Gasteiger partial charge in [0, 0.05) is 46.0 Å². The third kappa shape index (κ3) is 11.1. The maximum Gasteiger partial charge on any atom is 0.354 e. The third-order valence-corrected chi connectivity index (χ3v) is 4.85. The van der Waals surface area contributed by atoms with Crippen LogP contribution in [0.25, 0.3) is 0 Å². The van der Waals surface area contributed by atoms with E-state index < -0.39 is 33.1 Å². The van der Waals surface area contributed by atoms with Gasteiger partial charge >= 0.3 is 5.97 Å². The molecule has 0 spiro atoms. The summed E-state index contributed by atoms with van der Waals surface area (Å²) in [6.45, 7) is 0. The lowest BCUT2D eigenvalue weighted by Crippen LogP contribution is -2.22. The van der Waals surface area contributed by atoms with Crippen molar-refractivity contribution >= 4 is 69.6 Å². The summed E-state index contributed by atoms with van der Waals surface area (Å²) < 4.78 is 0. The maximum atomic E-state index is 11.5. The lowest BCUT2D eigenvalue weighted by Gasteiger charge is -2.09. The Hall–Kier alpha value is -4.67. The van der Waals surface area contributed by atoms with E-state index in [4.69, 9.17) is 45.6 Å². The lowest BCUT2D eigenvalue weighted by atomic mass is 10.3. The smallest absolute Gasteiger partial charge is 0.354 e. The van der Waals surface area contributed by atoms with Gasteiger partial charge in [-0.1, -0.05) is 34.8 Å². The van der Waals surface area contributed by atoms with E-state index in [2.05, 4.69) is 15.0 Å². The fourth-order valence-corrected chi connectivity index (χ4v) is 3.10. The van der Waals surface area contributed by atoms with E-state index in [1.807, 2.05) is 0 Å². The predicted molar refractivity (Wildman–Crippen MR) is 148 cm³/mol. The van der Waals surface area contributed by atoms with E-state index in [9.17, 15) is 34.6 Å². The van der Waals surface area contributed by atoms with Crippen LogP contribution in [-0.4, -0.2) is 85.7 Å². The van der Waals surface area contributed by atoms with Crippen LogP contribution in [0.4, 0.5) is 17.1 Å². The van der Waals surface area contributed by atoms with Gasteiger partial charge in [0.1, 0.15) is 26.8 Å². The molecule has 3 N–H and O–H groups in total. The van der Waals surface area contributed by atoms with E-state index in [1.165, 1.54) is 36.0 Å². The molecule has 0 saturated carbocycles. The molecule has 0 aliphatic carbocycles. The molecule has 3 aromatic heterocycles. The molecule has 0 atom stereocenters. The highest BCUT2D eigenvalue weighted by Gasteiger charge is 2.17. The van der Waals surface area contributed by atoms with Crippen molar-refractivity contribution in [2.75, 3.05) is 33.9 Å². The predicted octanol–water partition coefficient (Wildman–Crippen LogP) is 3.71. The van der Waals surface area contributed by atoms with Crippen molar-refractivity contribution in [1.29, 1.82) is 0 Å². The molecule has 19 heteroatoms. The number of aromatic nitrogens is 3. The molecule has 3 rings (SSSR count). The molecule has 0 fully saturated rings. The lowest BCUT2D eigenvalue weighted by molar-refractivity contribution is -0.385. The molecule has 0 saturated heterocycles. The van der Waals surface area contributed by atoms with Crippen molar-refractivity contribution in [1.82, 2.24) is 24.8 Å². The number of carbonyl (C=O) groups excluding carboxylic acids is 2. The highest BCUT2D eigenvalue weighted by molar-refractivity contribution is 6.30. The fraction of sp³-hybridized carbons (Fsp3) is 0.182. The minimum atomic E-state index is -1.36. The quantitative estimate of drug-likeness (QED) is 0.233. The third-order valence-electron chi connectivity index (χ3n) is 4.27. The van der Waals surface area contributed by atoms with Gasteiger partial charge < -0.3 is 20.6 Å². The second kappa shape index (κ2) is 15.2. The summed E-state index contributed by atoms with van der Waals surface area (Å²) in [5.74, 6) is -2.00. The van der Waals surface area contributed by atoms with Gasteiger partial charge in [-0.25, -0.2) is 19.7 Å². The number of amides is 2. The highest BCUT2D eigenvalue weighted by Crippen LogP contribution is 2.19. The molecule has 0 unspecified atom stereocenters. The summed E-state index contributed by atoms with van der Waals surface area (Å²) in [6, 6.07) is 6.99. The number of halogens is 3. The number of hydrogen-bond acceptors (Lipinski definition) is 11. The molecule has 0 aliphatic rings. The number of nitrogens with zero attached hydrogens (tertiary/aromatic N) is 7. The van der Waals surface area contributed by atoms with Gasteiger partial charge in [0.05, 0.1) is 22.0 Å². The molecule has 0 radical (unpaired) electrons. The fourth-order valence-electron chi connectivity index (χ4n) is 2.48. The SMILES string of the molecule is CN(C)C(=O)c1cc(N)cc(Cl)n1.CN(C)C(=O)c1cc([N+](=O)[O-])cc(Cl)n1.O=C(O)c1cc([N+](=O)[O-])cc(Cl)n1. The van der Waals surface area contributed by atoms with Crippen molar-refractivity contribution in [3.8, 4) is 0 Å². The van der Waals surface area contributed by atoms with Crippen LogP contribution in [-0.2, 0) is 0 Å². The summed E-state index contributed by atoms with van der Waals surface area (Å²) in [5, 5.41) is 29.2. The Balaban J connectivity index is 0.000000309. The number of carbonyl (C=O) groups is 3. The van der Waals surface area contributed by atoms with E-state index in [-0.39, 0.29) is 38.4 Å². The van der Waals surface area contributed by atoms with Crippen molar-refractivity contribution < 1.29 is 29.3 Å². The summed E-state index contributed by atoms with van der Waals surface area (Å²) in [5.41, 5.74) is 5.07. The first-order valence-corrected chi connectivity index (χ1v) is 11.8. The van der Waals surface area contributed by atoms with Gasteiger partial charge in [0.2, 0.25) is 0 Å². The maximum absolute atomic E-state index is 11.5. The topological polar surface area (TPSA) is 229 Å². The molecule has 0 bridgehead atoms. The summed E-state index contributed by atoms with van der Waals surface area (Å²) in [6.07, 6.45) is 0. The summed E-state index contributed by atoms with van der Waals surface area (Å²) >= 11 is 16.6. The van der Waals surface area contributed by atoms with E-state index >= 15 is 0 Å². The number of anilines is 1. The van der Waals surface area contributed by atoms with Gasteiger partial charge in [0.15, 0.2) is 5.69 Å². The standard InChI is InChI=1S/C8H8ClN3O3.C8H10ClN3O.C6H3ClN2O4/c1-11(2)8(13)6-3-5(12(14)15)4-7(9)10-6;1-12(2)8(13)6-3-5(10)4-7(9)11-6;7-5-2-3(9(12)13)1-4(8-5)6(10)11/h3-4H,1-2H3;3-4H,1-2H3,(H2,10,11);1-2H,(H,10,11). The number of nitrogen functional groups attached to an aromatic ring is 1. The summed E-state index contributed by atoms with van der Waals surface area (Å²) in [4.78, 5) is 66.2. The molecular formula is C22H21Cl3N8O8. The van der Waals surface area contributed by atoms with Crippen LogP contribution in [0, 0.1) is 20.2 Å². The minimum absolute atomic E-state index is 0.0424. The number of rotatable bonds is 5. The van der Waals surface area contributed by atoms with E-state index in [1.54, 1.807) is 14.1 Å². The zero-order valence-electron chi connectivity index (χ0n) is 21.6. The van der Waals surface area contributed by atoms with Crippen LogP contribution in [0.15, 0.2) is 36.4 Å². The van der Waals surface area contributed by atoms with Crippen molar-refractivity contribution in [3.63, 3.8) is 0 Å². The molecule has 0 aromatic carbocycles. The molecule has 41 heavy (non-hydrogen) atoms. The van der Waals surface area contributed by atoms with Crippen molar-refractivity contribution in [3.05, 3.63) is 89.2 Å². The molecule has 2 amide bonds. The zero-order chi connectivity index (χ0) is 31.6. The van der Waals surface area contributed by atoms with Gasteiger partial charge in [-0.15, -0.1) is 0 Å². The van der Waals surface area contributed by atoms with Crippen LogP contribution >= 0.6 is 34.8 Å². The van der Waals surface area contributed by atoms with E-state index in [0.29, 0.717) is 5.69 Å². The summed E-state index contributed by atoms with van der Waals surface area (Å²) in [7, 11) is 6.33. The van der Waals surface area contributed by atoms with Gasteiger partial charge in [-0.2, -0.15) is 0 Å². The number of pyridine rings is 3. The largest absolute Gasteiger partial charge is 0.477 e. The number of aromatic carboxylic acids is 1. The monoisotopic (exact) mass is 630 g/mol. The normalized spacial score (nSPS) is 9.73. The first-order chi connectivity index (χ1) is 18.9. The molecule has 16 nitrogen and oxygen atoms in total. The number of nitro groups is 2. The number of carboxylic acids is 1.